The Bertz CT molecular complexity index is 190. The van der Waals surface area contributed by atoms with Crippen molar-refractivity contribution in [1.29, 1.82) is 0 Å². The fourth-order valence-electron chi connectivity index (χ4n) is 1.16. The minimum atomic E-state index is -0.0537. The van der Waals surface area contributed by atoms with E-state index in [1.165, 1.54) is 12.2 Å². The number of ether oxygens (including phenoxy) is 1. The average molecular weight is 244 g/mol. The Morgan fingerprint density at radius 3 is 2.75 bits per heavy atom. The van der Waals surface area contributed by atoms with Crippen LogP contribution in [-0.2, 0) is 9.53 Å². The topological polar surface area (TPSA) is 26.3 Å². The molecule has 0 aromatic heterocycles. The zero-order valence-electron chi connectivity index (χ0n) is 10.5. The molecular weight excluding hydrogens is 220 g/mol. The van der Waals surface area contributed by atoms with Crippen molar-refractivity contribution in [3.63, 3.8) is 0 Å². The van der Waals surface area contributed by atoms with Gasteiger partial charge in [0.2, 0.25) is 0 Å². The Balaban J connectivity index is 3.21. The molecule has 0 aliphatic heterocycles. The van der Waals surface area contributed by atoms with Gasteiger partial charge in [-0.15, -0.1) is 0 Å². The van der Waals surface area contributed by atoms with Crippen LogP contribution in [0.3, 0.4) is 0 Å². The van der Waals surface area contributed by atoms with E-state index >= 15 is 0 Å². The third-order valence-corrected chi connectivity index (χ3v) is 3.24. The van der Waals surface area contributed by atoms with Gasteiger partial charge in [0.15, 0.2) is 0 Å². The Morgan fingerprint density at radius 1 is 1.25 bits per heavy atom. The van der Waals surface area contributed by atoms with E-state index in [9.17, 15) is 4.79 Å². The van der Waals surface area contributed by atoms with Crippen LogP contribution in [0.4, 0.5) is 0 Å². The summed E-state index contributed by atoms with van der Waals surface area (Å²) in [6.07, 6.45) is 8.74. The lowest BCUT2D eigenvalue weighted by Gasteiger charge is -2.02. The number of hydrogen-bond donors (Lipinski definition) is 0. The second kappa shape index (κ2) is 12.6. The molecule has 0 rings (SSSR count). The highest BCUT2D eigenvalue weighted by Gasteiger charge is 2.01. The van der Waals surface area contributed by atoms with Crippen molar-refractivity contribution in [1.82, 2.24) is 0 Å². The smallest absolute Gasteiger partial charge is 0.305 e. The van der Waals surface area contributed by atoms with Crippen molar-refractivity contribution in [3.05, 3.63) is 12.2 Å². The zero-order valence-corrected chi connectivity index (χ0v) is 11.4. The second-order valence-corrected chi connectivity index (χ2v) is 4.83. The van der Waals surface area contributed by atoms with Gasteiger partial charge >= 0.3 is 5.97 Å². The summed E-state index contributed by atoms with van der Waals surface area (Å²) in [6, 6.07) is 0. The van der Waals surface area contributed by atoms with Gasteiger partial charge < -0.3 is 4.74 Å². The summed E-state index contributed by atoms with van der Waals surface area (Å²) in [6.45, 7) is 4.79. The first kappa shape index (κ1) is 15.6. The summed E-state index contributed by atoms with van der Waals surface area (Å²) in [5.41, 5.74) is 0. The Hall–Kier alpha value is -0.440. The van der Waals surface area contributed by atoms with Gasteiger partial charge in [-0.2, -0.15) is 11.8 Å². The summed E-state index contributed by atoms with van der Waals surface area (Å²) in [5, 5.41) is 0. The third kappa shape index (κ3) is 11.6. The highest BCUT2D eigenvalue weighted by atomic mass is 32.2. The van der Waals surface area contributed by atoms with E-state index in [4.69, 9.17) is 4.74 Å². The second-order valence-electron chi connectivity index (χ2n) is 3.60. The van der Waals surface area contributed by atoms with E-state index in [1.807, 2.05) is 11.8 Å². The number of rotatable bonds is 10. The van der Waals surface area contributed by atoms with Gasteiger partial charge in [0.05, 0.1) is 6.61 Å². The molecule has 0 spiro atoms. The predicted octanol–water partition coefficient (Wildman–Crippen LogP) is 3.81. The molecule has 0 aliphatic rings. The minimum absolute atomic E-state index is 0.0537. The van der Waals surface area contributed by atoms with Crippen LogP contribution in [-0.4, -0.2) is 24.1 Å². The summed E-state index contributed by atoms with van der Waals surface area (Å²) >= 11 is 1.91. The van der Waals surface area contributed by atoms with Crippen molar-refractivity contribution in [2.24, 2.45) is 0 Å². The van der Waals surface area contributed by atoms with Crippen molar-refractivity contribution in [2.45, 2.75) is 46.0 Å². The monoisotopic (exact) mass is 244 g/mol. The fourth-order valence-corrected chi connectivity index (χ4v) is 2.00. The minimum Gasteiger partial charge on any atom is -0.465 e. The van der Waals surface area contributed by atoms with Crippen LogP contribution in [0, 0.1) is 0 Å². The fraction of sp³-hybridized carbons (Fsp3) is 0.769. The third-order valence-electron chi connectivity index (χ3n) is 1.97. The summed E-state index contributed by atoms with van der Waals surface area (Å²) in [7, 11) is 0. The molecule has 0 unspecified atom stereocenters. The van der Waals surface area contributed by atoms with Gasteiger partial charge in [0, 0.05) is 6.42 Å². The van der Waals surface area contributed by atoms with Crippen molar-refractivity contribution < 1.29 is 9.53 Å². The van der Waals surface area contributed by atoms with Crippen molar-refractivity contribution >= 4 is 17.7 Å². The quantitative estimate of drug-likeness (QED) is 0.332. The molecule has 0 saturated carbocycles. The number of esters is 1. The lowest BCUT2D eigenvalue weighted by Crippen LogP contribution is -2.05. The zero-order chi connectivity index (χ0) is 12.1. The molecule has 0 atom stereocenters. The van der Waals surface area contributed by atoms with Gasteiger partial charge in [-0.25, -0.2) is 0 Å². The lowest BCUT2D eigenvalue weighted by atomic mass is 10.3. The normalized spacial score (nSPS) is 10.9. The lowest BCUT2D eigenvalue weighted by molar-refractivity contribution is -0.143. The molecule has 0 fully saturated rings. The molecular formula is C13H24O2S. The first-order chi connectivity index (χ1) is 7.81. The van der Waals surface area contributed by atoms with E-state index in [-0.39, 0.29) is 5.97 Å². The molecule has 0 aromatic rings. The van der Waals surface area contributed by atoms with Crippen LogP contribution in [0.1, 0.15) is 46.0 Å². The van der Waals surface area contributed by atoms with Crippen LogP contribution in [0.5, 0.6) is 0 Å². The Morgan fingerprint density at radius 2 is 2.06 bits per heavy atom. The van der Waals surface area contributed by atoms with Crippen LogP contribution in [0.15, 0.2) is 12.2 Å². The molecule has 0 aromatic carbocycles. The number of carbonyl (C=O) groups is 1. The molecule has 0 N–H and O–H groups in total. The molecule has 2 nitrogen and oxygen atoms in total. The largest absolute Gasteiger partial charge is 0.465 e. The SMILES string of the molecule is CCC=CCCOC(=O)CCCSCCC. The molecule has 3 heteroatoms. The Labute approximate surface area is 104 Å². The Kier molecular flexibility index (Phi) is 12.3. The van der Waals surface area contributed by atoms with E-state index in [0.29, 0.717) is 13.0 Å². The van der Waals surface area contributed by atoms with Gasteiger partial charge in [-0.1, -0.05) is 26.0 Å². The van der Waals surface area contributed by atoms with Gasteiger partial charge in [0.1, 0.15) is 0 Å². The van der Waals surface area contributed by atoms with Gasteiger partial charge in [0.25, 0.3) is 0 Å². The summed E-state index contributed by atoms with van der Waals surface area (Å²) in [5.74, 6) is 2.21. The molecule has 0 radical (unpaired) electrons. The highest BCUT2D eigenvalue weighted by Crippen LogP contribution is 2.06. The first-order valence-corrected chi connectivity index (χ1v) is 7.35. The van der Waals surface area contributed by atoms with Crippen LogP contribution >= 0.6 is 11.8 Å². The number of thioether (sulfide) groups is 1. The summed E-state index contributed by atoms with van der Waals surface area (Å²) < 4.78 is 5.10. The maximum atomic E-state index is 11.3. The van der Waals surface area contributed by atoms with Crippen molar-refractivity contribution in [2.75, 3.05) is 18.1 Å². The first-order valence-electron chi connectivity index (χ1n) is 6.19. The number of allylic oxidation sites excluding steroid dienone is 1. The van der Waals surface area contributed by atoms with Gasteiger partial charge in [-0.3, -0.25) is 4.79 Å². The maximum absolute atomic E-state index is 11.3. The van der Waals surface area contributed by atoms with E-state index in [0.717, 1.165) is 25.0 Å². The molecule has 0 bridgehead atoms. The standard InChI is InChI=1S/C13H24O2S/c1-3-5-6-7-10-15-13(14)9-8-12-16-11-4-2/h5-6H,3-4,7-12H2,1-2H3. The number of carbonyl (C=O) groups excluding carboxylic acids is 1. The average Bonchev–Trinajstić information content (AvgIpc) is 2.28. The van der Waals surface area contributed by atoms with Crippen LogP contribution in [0.25, 0.3) is 0 Å². The number of hydrogen-bond acceptors (Lipinski definition) is 3. The van der Waals surface area contributed by atoms with E-state index < -0.39 is 0 Å². The molecule has 0 saturated heterocycles. The van der Waals surface area contributed by atoms with E-state index in [2.05, 4.69) is 26.0 Å². The molecule has 16 heavy (non-hydrogen) atoms. The molecule has 0 aliphatic carbocycles. The van der Waals surface area contributed by atoms with Crippen LogP contribution in [0.2, 0.25) is 0 Å². The van der Waals surface area contributed by atoms with Crippen LogP contribution < -0.4 is 0 Å². The highest BCUT2D eigenvalue weighted by molar-refractivity contribution is 7.99. The predicted molar refractivity (Wildman–Crippen MR) is 71.9 cm³/mol. The summed E-state index contributed by atoms with van der Waals surface area (Å²) in [4.78, 5) is 11.3. The molecule has 94 valence electrons. The molecule has 0 amide bonds. The molecule has 0 heterocycles. The van der Waals surface area contributed by atoms with Crippen molar-refractivity contribution in [3.8, 4) is 0 Å². The van der Waals surface area contributed by atoms with E-state index in [1.54, 1.807) is 0 Å². The maximum Gasteiger partial charge on any atom is 0.305 e. The van der Waals surface area contributed by atoms with Gasteiger partial charge in [-0.05, 0) is 37.2 Å².